The maximum atomic E-state index is 14.5. The fourth-order valence-corrected chi connectivity index (χ4v) is 5.72. The van der Waals surface area contributed by atoms with Crippen LogP contribution in [0.15, 0.2) is 81.6 Å². The number of hydrogen-bond donors (Lipinski definition) is 2. The molecule has 10 nitrogen and oxygen atoms in total. The molecule has 0 atom stereocenters. The highest BCUT2D eigenvalue weighted by molar-refractivity contribution is 7.92. The van der Waals surface area contributed by atoms with Crippen molar-refractivity contribution in [2.24, 2.45) is 0 Å². The summed E-state index contributed by atoms with van der Waals surface area (Å²) in [7, 11) is 0.465. The lowest BCUT2D eigenvalue weighted by Crippen LogP contribution is -2.25. The number of anilines is 1. The van der Waals surface area contributed by atoms with E-state index in [9.17, 15) is 26.8 Å². The fourth-order valence-electron chi connectivity index (χ4n) is 5.21. The number of benzene rings is 4. The van der Waals surface area contributed by atoms with Crippen molar-refractivity contribution in [2.75, 3.05) is 31.7 Å². The second-order valence-corrected chi connectivity index (χ2v) is 12.4. The molecule has 4 aromatic carbocycles. The van der Waals surface area contributed by atoms with Gasteiger partial charge in [0.25, 0.3) is 11.8 Å². The van der Waals surface area contributed by atoms with Crippen LogP contribution in [0.4, 0.5) is 14.5 Å². The summed E-state index contributed by atoms with van der Waals surface area (Å²) in [5.41, 5.74) is 2.28. The van der Waals surface area contributed by atoms with E-state index in [-0.39, 0.29) is 50.7 Å². The number of halogens is 2. The smallest absolute Gasteiger partial charge is 0.255 e. The van der Waals surface area contributed by atoms with Crippen LogP contribution in [0.2, 0.25) is 0 Å². The van der Waals surface area contributed by atoms with Crippen molar-refractivity contribution in [2.45, 2.75) is 0 Å². The van der Waals surface area contributed by atoms with Gasteiger partial charge < -0.3 is 19.5 Å². The van der Waals surface area contributed by atoms with Crippen molar-refractivity contribution in [1.29, 1.82) is 0 Å². The first-order valence-corrected chi connectivity index (χ1v) is 15.7. The van der Waals surface area contributed by atoms with Crippen LogP contribution in [0.5, 0.6) is 0 Å². The number of para-hydroxylation sites is 1. The summed E-state index contributed by atoms with van der Waals surface area (Å²) in [6, 6.07) is 17.5. The lowest BCUT2D eigenvalue weighted by atomic mass is 9.95. The van der Waals surface area contributed by atoms with Gasteiger partial charge in [-0.15, -0.1) is 0 Å². The molecule has 0 saturated heterocycles. The summed E-state index contributed by atoms with van der Waals surface area (Å²) >= 11 is 0. The first-order valence-electron chi connectivity index (χ1n) is 13.9. The van der Waals surface area contributed by atoms with Gasteiger partial charge in [-0.3, -0.25) is 13.9 Å². The van der Waals surface area contributed by atoms with E-state index in [0.717, 1.165) is 10.6 Å². The molecule has 0 radical (unpaired) electrons. The van der Waals surface area contributed by atoms with E-state index in [4.69, 9.17) is 8.83 Å². The minimum atomic E-state index is -3.81. The third-order valence-electron chi connectivity index (χ3n) is 7.61. The van der Waals surface area contributed by atoms with Crippen LogP contribution in [-0.2, 0) is 10.0 Å². The van der Waals surface area contributed by atoms with Crippen molar-refractivity contribution in [3.8, 4) is 33.9 Å². The molecular formula is C33H26F2N4O6S. The molecule has 0 aliphatic heterocycles. The van der Waals surface area contributed by atoms with E-state index in [1.54, 1.807) is 24.3 Å². The highest BCUT2D eigenvalue weighted by atomic mass is 32.2. The van der Waals surface area contributed by atoms with E-state index in [1.165, 1.54) is 69.7 Å². The molecule has 2 heterocycles. The number of nitrogens with zero attached hydrogens (tertiary/aromatic N) is 2. The van der Waals surface area contributed by atoms with Crippen molar-refractivity contribution in [3.05, 3.63) is 95.6 Å². The molecule has 13 heteroatoms. The van der Waals surface area contributed by atoms with Gasteiger partial charge in [0, 0.05) is 43.7 Å². The molecule has 46 heavy (non-hydrogen) atoms. The average Bonchev–Trinajstić information content (AvgIpc) is 3.65. The van der Waals surface area contributed by atoms with Gasteiger partial charge in [0.05, 0.1) is 28.6 Å². The number of fused-ring (bicyclic) bond motifs is 2. The number of rotatable bonds is 7. The minimum Gasteiger partial charge on any atom is -0.455 e. The van der Waals surface area contributed by atoms with Gasteiger partial charge in [0.2, 0.25) is 15.9 Å². The molecule has 0 aliphatic carbocycles. The largest absolute Gasteiger partial charge is 0.455 e. The van der Waals surface area contributed by atoms with E-state index >= 15 is 0 Å². The van der Waals surface area contributed by atoms with E-state index in [2.05, 4.69) is 15.6 Å². The lowest BCUT2D eigenvalue weighted by molar-refractivity contribution is 0.0956. The van der Waals surface area contributed by atoms with Gasteiger partial charge in [-0.2, -0.15) is 0 Å². The van der Waals surface area contributed by atoms with E-state index in [1.807, 2.05) is 0 Å². The van der Waals surface area contributed by atoms with Gasteiger partial charge >= 0.3 is 0 Å². The molecule has 2 aromatic heterocycles. The number of furan rings is 1. The van der Waals surface area contributed by atoms with Crippen molar-refractivity contribution in [1.82, 2.24) is 15.6 Å². The van der Waals surface area contributed by atoms with Crippen molar-refractivity contribution < 1.29 is 35.6 Å². The molecule has 0 saturated carbocycles. The first-order chi connectivity index (χ1) is 21.9. The van der Waals surface area contributed by atoms with Crippen molar-refractivity contribution >= 4 is 49.6 Å². The molecule has 0 spiro atoms. The van der Waals surface area contributed by atoms with Gasteiger partial charge in [-0.05, 0) is 60.2 Å². The van der Waals surface area contributed by atoms with Crippen LogP contribution in [-0.4, -0.2) is 52.6 Å². The van der Waals surface area contributed by atoms with Crippen molar-refractivity contribution in [3.63, 3.8) is 0 Å². The molecule has 6 aromatic rings. The quantitative estimate of drug-likeness (QED) is 0.219. The molecule has 234 valence electrons. The summed E-state index contributed by atoms with van der Waals surface area (Å²) in [6.07, 6.45) is 1.04. The van der Waals surface area contributed by atoms with E-state index < -0.39 is 33.5 Å². The Bertz CT molecular complexity index is 2300. The molecule has 6 rings (SSSR count). The number of carbonyl (C=O) groups is 2. The first kappa shape index (κ1) is 30.5. The molecule has 2 amide bonds. The maximum absolute atomic E-state index is 14.5. The number of amides is 2. The fraction of sp³-hybridized carbons (Fsp3) is 0.121. The third kappa shape index (κ3) is 5.24. The Labute approximate surface area is 261 Å². The number of aromatic nitrogens is 1. The zero-order valence-corrected chi connectivity index (χ0v) is 25.8. The summed E-state index contributed by atoms with van der Waals surface area (Å²) in [5, 5.41) is 5.52. The minimum absolute atomic E-state index is 0.0217. The summed E-state index contributed by atoms with van der Waals surface area (Å²) in [4.78, 5) is 30.5. The Morgan fingerprint density at radius 3 is 2.17 bits per heavy atom. The zero-order chi connectivity index (χ0) is 32.9. The van der Waals surface area contributed by atoms with E-state index in [0.29, 0.717) is 22.1 Å². The number of nitrogens with one attached hydrogen (secondary N) is 2. The summed E-state index contributed by atoms with van der Waals surface area (Å²) < 4.78 is 66.9. The molecule has 0 fully saturated rings. The molecule has 0 aliphatic rings. The number of hydrogen-bond acceptors (Lipinski definition) is 7. The van der Waals surface area contributed by atoms with Crippen LogP contribution < -0.4 is 14.9 Å². The third-order valence-corrected chi connectivity index (χ3v) is 8.80. The normalized spacial score (nSPS) is 11.6. The van der Waals surface area contributed by atoms with Crippen LogP contribution >= 0.6 is 0 Å². The van der Waals surface area contributed by atoms with Gasteiger partial charge in [0.15, 0.2) is 11.4 Å². The van der Waals surface area contributed by atoms with Crippen LogP contribution in [0, 0.1) is 11.6 Å². The van der Waals surface area contributed by atoms with Crippen LogP contribution in [0.3, 0.4) is 0 Å². The Hall–Kier alpha value is -5.56. The van der Waals surface area contributed by atoms with Crippen LogP contribution in [0.25, 0.3) is 56.0 Å². The highest BCUT2D eigenvalue weighted by Crippen LogP contribution is 2.42. The molecule has 2 N–H and O–H groups in total. The Morgan fingerprint density at radius 1 is 0.826 bits per heavy atom. The van der Waals surface area contributed by atoms with Crippen LogP contribution in [0.1, 0.15) is 20.7 Å². The summed E-state index contributed by atoms with van der Waals surface area (Å²) in [6.45, 7) is 0. The molecule has 0 bridgehead atoms. The average molecular weight is 645 g/mol. The van der Waals surface area contributed by atoms with Gasteiger partial charge in [-0.25, -0.2) is 22.2 Å². The number of oxazole rings is 1. The maximum Gasteiger partial charge on any atom is 0.255 e. The van der Waals surface area contributed by atoms with Gasteiger partial charge in [-0.1, -0.05) is 12.1 Å². The highest BCUT2D eigenvalue weighted by Gasteiger charge is 2.27. The topological polar surface area (TPSA) is 135 Å². The number of sulfonamides is 1. The second-order valence-electron chi connectivity index (χ2n) is 10.4. The Balaban J connectivity index is 1.66. The Kier molecular flexibility index (Phi) is 7.56. The zero-order valence-electron chi connectivity index (χ0n) is 24.9. The lowest BCUT2D eigenvalue weighted by Gasteiger charge is -2.21. The molecule has 0 unspecified atom stereocenters. The number of carbonyl (C=O) groups excluding carboxylic acids is 2. The standard InChI is InChI=1S/C33H26F2N4O6S/c1-36-31(40)20-13-10-18(14-22(20)33-38-29-24(35)6-5-7-26(29)45-33)21-15-23-27(16-25(21)39(3)46(4,42)43)44-30(28(23)32(41)37-2)17-8-11-19(34)12-9-17/h5-16H,1-4H3,(H,36,40)(H,37,41). The van der Waals surface area contributed by atoms with Gasteiger partial charge in [0.1, 0.15) is 22.7 Å². The SMILES string of the molecule is CNC(=O)c1ccc(-c2cc3c(C(=O)NC)c(-c4ccc(F)cc4)oc3cc2N(C)S(C)(=O)=O)cc1-c1nc2c(F)cccc2o1. The second kappa shape index (κ2) is 11.4. The predicted molar refractivity (Wildman–Crippen MR) is 170 cm³/mol. The Morgan fingerprint density at radius 2 is 1.52 bits per heavy atom. The molecular weight excluding hydrogens is 618 g/mol. The predicted octanol–water partition coefficient (Wildman–Crippen LogP) is 5.97. The monoisotopic (exact) mass is 644 g/mol. The summed E-state index contributed by atoms with van der Waals surface area (Å²) in [5.74, 6) is -1.91.